The highest BCUT2D eigenvalue weighted by Crippen LogP contribution is 2.22. The third-order valence-electron chi connectivity index (χ3n) is 2.97. The molecule has 0 saturated heterocycles. The molecule has 0 unspecified atom stereocenters. The first-order chi connectivity index (χ1) is 9.19. The van der Waals surface area contributed by atoms with Crippen LogP contribution in [-0.2, 0) is 6.42 Å². The monoisotopic (exact) mass is 257 g/mol. The van der Waals surface area contributed by atoms with Gasteiger partial charge < -0.3 is 15.2 Å². The molecule has 0 aliphatic carbocycles. The van der Waals surface area contributed by atoms with Gasteiger partial charge in [-0.1, -0.05) is 18.2 Å². The van der Waals surface area contributed by atoms with Crippen LogP contribution in [0.5, 0.6) is 11.5 Å². The van der Waals surface area contributed by atoms with Crippen LogP contribution >= 0.6 is 0 Å². The number of anilines is 1. The van der Waals surface area contributed by atoms with Gasteiger partial charge in [0.15, 0.2) is 0 Å². The predicted octanol–water partition coefficient (Wildman–Crippen LogP) is 3.21. The van der Waals surface area contributed by atoms with E-state index in [0.29, 0.717) is 12.3 Å². The van der Waals surface area contributed by atoms with Crippen molar-refractivity contribution in [3.8, 4) is 11.5 Å². The molecule has 0 aliphatic rings. The molecule has 0 amide bonds. The molecule has 0 fully saturated rings. The molecule has 2 aromatic rings. The van der Waals surface area contributed by atoms with E-state index in [1.54, 1.807) is 7.11 Å². The van der Waals surface area contributed by atoms with Crippen LogP contribution in [0.2, 0.25) is 0 Å². The minimum Gasteiger partial charge on any atom is -0.497 e. The lowest BCUT2D eigenvalue weighted by Crippen LogP contribution is -2.03. The fourth-order valence-electron chi connectivity index (χ4n) is 1.87. The minimum atomic E-state index is 0.611. The van der Waals surface area contributed by atoms with Crippen molar-refractivity contribution in [1.82, 2.24) is 0 Å². The Morgan fingerprint density at radius 2 is 1.79 bits per heavy atom. The molecule has 0 radical (unpaired) electrons. The van der Waals surface area contributed by atoms with E-state index in [9.17, 15) is 0 Å². The fraction of sp³-hybridized carbons (Fsp3) is 0.250. The van der Waals surface area contributed by atoms with Gasteiger partial charge in [0.25, 0.3) is 0 Å². The highest BCUT2D eigenvalue weighted by molar-refractivity contribution is 5.54. The zero-order valence-electron chi connectivity index (χ0n) is 11.3. The van der Waals surface area contributed by atoms with Gasteiger partial charge in [-0.15, -0.1) is 0 Å². The summed E-state index contributed by atoms with van der Waals surface area (Å²) in [6.45, 7) is 2.62. The molecule has 0 spiro atoms. The molecule has 0 saturated carbocycles. The summed E-state index contributed by atoms with van der Waals surface area (Å²) in [6.07, 6.45) is 0.845. The second-order valence-corrected chi connectivity index (χ2v) is 4.49. The van der Waals surface area contributed by atoms with Crippen molar-refractivity contribution in [2.24, 2.45) is 0 Å². The summed E-state index contributed by atoms with van der Waals surface area (Å²) in [4.78, 5) is 0. The summed E-state index contributed by atoms with van der Waals surface area (Å²) in [5, 5.41) is 0. The van der Waals surface area contributed by atoms with Crippen LogP contribution in [-0.4, -0.2) is 13.7 Å². The Morgan fingerprint density at radius 1 is 1.05 bits per heavy atom. The molecule has 3 heteroatoms. The van der Waals surface area contributed by atoms with Crippen LogP contribution in [0.15, 0.2) is 42.5 Å². The van der Waals surface area contributed by atoms with E-state index in [1.807, 2.05) is 49.4 Å². The van der Waals surface area contributed by atoms with Gasteiger partial charge in [0.2, 0.25) is 0 Å². The zero-order chi connectivity index (χ0) is 13.7. The highest BCUT2D eigenvalue weighted by atomic mass is 16.5. The fourth-order valence-corrected chi connectivity index (χ4v) is 1.87. The number of methoxy groups -OCH3 is 1. The third kappa shape index (κ3) is 3.65. The van der Waals surface area contributed by atoms with Gasteiger partial charge >= 0.3 is 0 Å². The SMILES string of the molecule is COc1ccc(CCOc2ccc(C)cc2N)cc1. The zero-order valence-corrected chi connectivity index (χ0v) is 11.3. The summed E-state index contributed by atoms with van der Waals surface area (Å²) in [5.74, 6) is 1.62. The van der Waals surface area contributed by atoms with Crippen LogP contribution < -0.4 is 15.2 Å². The van der Waals surface area contributed by atoms with E-state index in [4.69, 9.17) is 15.2 Å². The van der Waals surface area contributed by atoms with Crippen LogP contribution in [0.3, 0.4) is 0 Å². The minimum absolute atomic E-state index is 0.611. The molecule has 100 valence electrons. The lowest BCUT2D eigenvalue weighted by Gasteiger charge is -2.09. The Labute approximate surface area is 114 Å². The maximum absolute atomic E-state index is 5.90. The second kappa shape index (κ2) is 6.14. The van der Waals surface area contributed by atoms with Gasteiger partial charge in [-0.2, -0.15) is 0 Å². The normalized spacial score (nSPS) is 10.2. The largest absolute Gasteiger partial charge is 0.497 e. The second-order valence-electron chi connectivity index (χ2n) is 4.49. The topological polar surface area (TPSA) is 44.5 Å². The van der Waals surface area contributed by atoms with Crippen molar-refractivity contribution in [2.45, 2.75) is 13.3 Å². The highest BCUT2D eigenvalue weighted by Gasteiger charge is 2.01. The lowest BCUT2D eigenvalue weighted by atomic mass is 10.1. The molecule has 19 heavy (non-hydrogen) atoms. The van der Waals surface area contributed by atoms with Gasteiger partial charge in [-0.25, -0.2) is 0 Å². The van der Waals surface area contributed by atoms with E-state index < -0.39 is 0 Å². The summed E-state index contributed by atoms with van der Waals surface area (Å²) in [7, 11) is 1.66. The number of ether oxygens (including phenoxy) is 2. The molecule has 0 aliphatic heterocycles. The van der Waals surface area contributed by atoms with E-state index in [1.165, 1.54) is 5.56 Å². The first-order valence-corrected chi connectivity index (χ1v) is 6.31. The molecular formula is C16H19NO2. The molecule has 2 N–H and O–H groups in total. The number of benzene rings is 2. The number of hydrogen-bond donors (Lipinski definition) is 1. The van der Waals surface area contributed by atoms with Crippen LogP contribution in [0, 0.1) is 6.92 Å². The summed E-state index contributed by atoms with van der Waals surface area (Å²) >= 11 is 0. The predicted molar refractivity (Wildman–Crippen MR) is 77.8 cm³/mol. The molecular weight excluding hydrogens is 238 g/mol. The van der Waals surface area contributed by atoms with Crippen molar-refractivity contribution >= 4 is 5.69 Å². The standard InChI is InChI=1S/C16H19NO2/c1-12-3-8-16(15(17)11-12)19-10-9-13-4-6-14(18-2)7-5-13/h3-8,11H,9-10,17H2,1-2H3. The average Bonchev–Trinajstić information content (AvgIpc) is 2.42. The van der Waals surface area contributed by atoms with Gasteiger partial charge in [-0.05, 0) is 42.3 Å². The summed E-state index contributed by atoms with van der Waals surface area (Å²) < 4.78 is 10.8. The van der Waals surface area contributed by atoms with E-state index in [-0.39, 0.29) is 0 Å². The summed E-state index contributed by atoms with van der Waals surface area (Å²) in [6, 6.07) is 13.8. The third-order valence-corrected chi connectivity index (χ3v) is 2.97. The summed E-state index contributed by atoms with van der Waals surface area (Å²) in [5.41, 5.74) is 8.94. The Bertz CT molecular complexity index is 535. The first kappa shape index (κ1) is 13.3. The molecule has 2 rings (SSSR count). The molecule has 0 heterocycles. The number of nitrogen functional groups attached to an aromatic ring is 1. The average molecular weight is 257 g/mol. The Kier molecular flexibility index (Phi) is 4.29. The van der Waals surface area contributed by atoms with Gasteiger partial charge in [0.1, 0.15) is 11.5 Å². The van der Waals surface area contributed by atoms with Crippen molar-refractivity contribution in [2.75, 3.05) is 19.5 Å². The molecule has 0 bridgehead atoms. The quantitative estimate of drug-likeness (QED) is 0.836. The van der Waals surface area contributed by atoms with E-state index >= 15 is 0 Å². The molecule has 2 aromatic carbocycles. The van der Waals surface area contributed by atoms with Crippen LogP contribution in [0.4, 0.5) is 5.69 Å². The van der Waals surface area contributed by atoms with Crippen LogP contribution in [0.25, 0.3) is 0 Å². The van der Waals surface area contributed by atoms with Crippen molar-refractivity contribution in [3.05, 3.63) is 53.6 Å². The van der Waals surface area contributed by atoms with Gasteiger partial charge in [0.05, 0.1) is 19.4 Å². The Balaban J connectivity index is 1.88. The van der Waals surface area contributed by atoms with E-state index in [2.05, 4.69) is 0 Å². The maximum Gasteiger partial charge on any atom is 0.142 e. The van der Waals surface area contributed by atoms with E-state index in [0.717, 1.165) is 23.5 Å². The maximum atomic E-state index is 5.90. The van der Waals surface area contributed by atoms with Gasteiger partial charge in [0, 0.05) is 6.42 Å². The van der Waals surface area contributed by atoms with Crippen molar-refractivity contribution in [1.29, 1.82) is 0 Å². The van der Waals surface area contributed by atoms with Crippen molar-refractivity contribution in [3.63, 3.8) is 0 Å². The number of aryl methyl sites for hydroxylation is 1. The first-order valence-electron chi connectivity index (χ1n) is 6.31. The Morgan fingerprint density at radius 3 is 2.42 bits per heavy atom. The molecule has 0 atom stereocenters. The van der Waals surface area contributed by atoms with Gasteiger partial charge in [-0.3, -0.25) is 0 Å². The smallest absolute Gasteiger partial charge is 0.142 e. The number of nitrogens with two attached hydrogens (primary N) is 1. The van der Waals surface area contributed by atoms with Crippen LogP contribution in [0.1, 0.15) is 11.1 Å². The molecule has 0 aromatic heterocycles. The lowest BCUT2D eigenvalue weighted by molar-refractivity contribution is 0.323. The Hall–Kier alpha value is -2.16. The molecule has 3 nitrogen and oxygen atoms in total. The van der Waals surface area contributed by atoms with Crippen molar-refractivity contribution < 1.29 is 9.47 Å². The number of hydrogen-bond acceptors (Lipinski definition) is 3. The number of rotatable bonds is 5.